The summed E-state index contributed by atoms with van der Waals surface area (Å²) in [5, 5.41) is 2.87. The first kappa shape index (κ1) is 24.1. The van der Waals surface area contributed by atoms with Crippen LogP contribution in [0.2, 0.25) is 5.02 Å². The highest BCUT2D eigenvalue weighted by molar-refractivity contribution is 7.99. The summed E-state index contributed by atoms with van der Waals surface area (Å²) in [6.07, 6.45) is 1.50. The van der Waals surface area contributed by atoms with Gasteiger partial charge in [0.1, 0.15) is 5.82 Å². The summed E-state index contributed by atoms with van der Waals surface area (Å²) in [5.74, 6) is -4.47. The summed E-state index contributed by atoms with van der Waals surface area (Å²) in [6, 6.07) is 15.8. The van der Waals surface area contributed by atoms with Crippen LogP contribution in [0.1, 0.15) is 27.0 Å². The standard InChI is InChI=1S/C26H20ClF3N2OS/c1-15-7-9-19(16(2)11-15)26(29,30)14-32-25(33)24-18-5-3-4-6-22(18)31-13-23(24)34-17-8-10-21(28)20(27)12-17/h3-13H,14H2,1-2H3,(H,32,33). The van der Waals surface area contributed by atoms with Crippen LogP contribution < -0.4 is 5.32 Å². The average Bonchev–Trinajstić information content (AvgIpc) is 2.79. The first-order chi connectivity index (χ1) is 16.2. The summed E-state index contributed by atoms with van der Waals surface area (Å²) >= 11 is 7.04. The van der Waals surface area contributed by atoms with Crippen LogP contribution >= 0.6 is 23.4 Å². The highest BCUT2D eigenvalue weighted by Gasteiger charge is 2.34. The topological polar surface area (TPSA) is 42.0 Å². The van der Waals surface area contributed by atoms with Gasteiger partial charge in [0.25, 0.3) is 11.8 Å². The molecule has 3 aromatic carbocycles. The van der Waals surface area contributed by atoms with Crippen molar-refractivity contribution in [2.45, 2.75) is 29.6 Å². The highest BCUT2D eigenvalue weighted by atomic mass is 35.5. The number of aryl methyl sites for hydroxylation is 2. The molecule has 0 saturated carbocycles. The zero-order valence-electron chi connectivity index (χ0n) is 18.3. The second kappa shape index (κ2) is 9.68. The van der Waals surface area contributed by atoms with Crippen LogP contribution in [0.3, 0.4) is 0 Å². The van der Waals surface area contributed by atoms with Crippen molar-refractivity contribution in [3.63, 3.8) is 0 Å². The molecular weight excluding hydrogens is 481 g/mol. The SMILES string of the molecule is Cc1ccc(C(F)(F)CNC(=O)c2c(Sc3ccc(F)c(Cl)c3)cnc3ccccc23)c(C)c1. The zero-order valence-corrected chi connectivity index (χ0v) is 19.9. The molecule has 3 nitrogen and oxygen atoms in total. The number of hydrogen-bond donors (Lipinski definition) is 1. The number of alkyl halides is 2. The van der Waals surface area contributed by atoms with Gasteiger partial charge in [0, 0.05) is 26.9 Å². The molecule has 0 aliphatic rings. The maximum atomic E-state index is 15.0. The molecule has 1 N–H and O–H groups in total. The Morgan fingerprint density at radius 3 is 2.59 bits per heavy atom. The lowest BCUT2D eigenvalue weighted by Gasteiger charge is -2.20. The molecule has 0 saturated heterocycles. The molecule has 0 unspecified atom stereocenters. The molecule has 0 aliphatic carbocycles. The van der Waals surface area contributed by atoms with E-state index in [1.807, 2.05) is 6.92 Å². The normalized spacial score (nSPS) is 11.6. The van der Waals surface area contributed by atoms with Gasteiger partial charge in [-0.1, -0.05) is 65.3 Å². The van der Waals surface area contributed by atoms with Gasteiger partial charge in [-0.25, -0.2) is 4.39 Å². The van der Waals surface area contributed by atoms with E-state index < -0.39 is 24.2 Å². The maximum Gasteiger partial charge on any atom is 0.290 e. The van der Waals surface area contributed by atoms with Gasteiger partial charge >= 0.3 is 0 Å². The van der Waals surface area contributed by atoms with E-state index in [-0.39, 0.29) is 16.1 Å². The Bertz CT molecular complexity index is 1390. The van der Waals surface area contributed by atoms with Crippen LogP contribution in [-0.2, 0) is 5.92 Å². The van der Waals surface area contributed by atoms with E-state index in [0.29, 0.717) is 26.3 Å². The lowest BCUT2D eigenvalue weighted by atomic mass is 10.00. The molecule has 1 aromatic heterocycles. The van der Waals surface area contributed by atoms with Crippen molar-refractivity contribution in [2.75, 3.05) is 6.54 Å². The average molecular weight is 501 g/mol. The molecule has 4 rings (SSSR count). The van der Waals surface area contributed by atoms with Gasteiger partial charge in [-0.2, -0.15) is 8.78 Å². The number of carbonyl (C=O) groups excluding carboxylic acids is 1. The molecule has 0 aliphatic heterocycles. The fourth-order valence-electron chi connectivity index (χ4n) is 3.70. The predicted octanol–water partition coefficient (Wildman–Crippen LogP) is 7.32. The number of aromatic nitrogens is 1. The van der Waals surface area contributed by atoms with Gasteiger partial charge in [-0.3, -0.25) is 9.78 Å². The van der Waals surface area contributed by atoms with Crippen LogP contribution in [0.5, 0.6) is 0 Å². The Hall–Kier alpha value is -3.03. The number of benzene rings is 3. The molecule has 1 amide bonds. The molecule has 0 fully saturated rings. The Morgan fingerprint density at radius 2 is 1.85 bits per heavy atom. The van der Waals surface area contributed by atoms with Gasteiger partial charge in [0.05, 0.1) is 22.6 Å². The molecule has 0 spiro atoms. The molecule has 8 heteroatoms. The van der Waals surface area contributed by atoms with Crippen molar-refractivity contribution in [3.8, 4) is 0 Å². The van der Waals surface area contributed by atoms with Crippen molar-refractivity contribution in [1.29, 1.82) is 0 Å². The summed E-state index contributed by atoms with van der Waals surface area (Å²) < 4.78 is 43.5. The lowest BCUT2D eigenvalue weighted by molar-refractivity contribution is -0.00308. The molecule has 1 heterocycles. The van der Waals surface area contributed by atoms with Gasteiger partial charge in [-0.05, 0) is 43.7 Å². The minimum atomic E-state index is -3.26. The Labute approximate surface area is 204 Å². The molecule has 4 aromatic rings. The van der Waals surface area contributed by atoms with E-state index in [4.69, 9.17) is 11.6 Å². The molecule has 0 radical (unpaired) electrons. The zero-order chi connectivity index (χ0) is 24.5. The van der Waals surface area contributed by atoms with Crippen LogP contribution in [0.4, 0.5) is 13.2 Å². The predicted molar refractivity (Wildman–Crippen MR) is 129 cm³/mol. The third-order valence-electron chi connectivity index (χ3n) is 5.33. The third-order valence-corrected chi connectivity index (χ3v) is 6.64. The van der Waals surface area contributed by atoms with Crippen LogP contribution in [0.25, 0.3) is 10.9 Å². The van der Waals surface area contributed by atoms with Crippen LogP contribution in [-0.4, -0.2) is 17.4 Å². The maximum absolute atomic E-state index is 15.0. The number of rotatable bonds is 6. The molecule has 34 heavy (non-hydrogen) atoms. The van der Waals surface area contributed by atoms with Gasteiger partial charge in [0.15, 0.2) is 0 Å². The second-order valence-electron chi connectivity index (χ2n) is 7.90. The van der Waals surface area contributed by atoms with Crippen molar-refractivity contribution in [3.05, 3.63) is 100.0 Å². The van der Waals surface area contributed by atoms with Crippen molar-refractivity contribution < 1.29 is 18.0 Å². The number of nitrogens with one attached hydrogen (secondary N) is 1. The molecule has 0 bridgehead atoms. The number of pyridine rings is 1. The molecular formula is C26H20ClF3N2OS. The number of amides is 1. The Morgan fingerprint density at radius 1 is 1.09 bits per heavy atom. The summed E-state index contributed by atoms with van der Waals surface area (Å²) in [5.41, 5.74) is 1.97. The molecule has 0 atom stereocenters. The van der Waals surface area contributed by atoms with Crippen LogP contribution in [0.15, 0.2) is 76.7 Å². The largest absolute Gasteiger partial charge is 0.346 e. The van der Waals surface area contributed by atoms with E-state index in [0.717, 1.165) is 17.3 Å². The Balaban J connectivity index is 1.67. The van der Waals surface area contributed by atoms with E-state index in [9.17, 15) is 18.0 Å². The van der Waals surface area contributed by atoms with E-state index in [1.54, 1.807) is 43.3 Å². The number of nitrogens with zero attached hydrogens (tertiary/aromatic N) is 1. The minimum absolute atomic E-state index is 0.0575. The quantitative estimate of drug-likeness (QED) is 0.301. The second-order valence-corrected chi connectivity index (χ2v) is 9.42. The highest BCUT2D eigenvalue weighted by Crippen LogP contribution is 2.36. The first-order valence-corrected chi connectivity index (χ1v) is 11.6. The smallest absolute Gasteiger partial charge is 0.290 e. The summed E-state index contributed by atoms with van der Waals surface area (Å²) in [6.45, 7) is 2.59. The van der Waals surface area contributed by atoms with E-state index >= 15 is 0 Å². The van der Waals surface area contributed by atoms with Crippen molar-refractivity contribution >= 4 is 40.2 Å². The van der Waals surface area contributed by atoms with E-state index in [1.165, 1.54) is 30.5 Å². The summed E-state index contributed by atoms with van der Waals surface area (Å²) in [4.78, 5) is 18.6. The third kappa shape index (κ3) is 5.05. The number of halogens is 4. The van der Waals surface area contributed by atoms with Crippen molar-refractivity contribution in [2.24, 2.45) is 0 Å². The lowest BCUT2D eigenvalue weighted by Crippen LogP contribution is -2.35. The fourth-order valence-corrected chi connectivity index (χ4v) is 4.92. The Kier molecular flexibility index (Phi) is 6.86. The van der Waals surface area contributed by atoms with Gasteiger partial charge in [-0.15, -0.1) is 0 Å². The summed E-state index contributed by atoms with van der Waals surface area (Å²) in [7, 11) is 0. The number of para-hydroxylation sites is 1. The molecule has 174 valence electrons. The number of carbonyl (C=O) groups is 1. The van der Waals surface area contributed by atoms with Gasteiger partial charge in [0.2, 0.25) is 0 Å². The fraction of sp³-hybridized carbons (Fsp3) is 0.154. The number of fused-ring (bicyclic) bond motifs is 1. The monoisotopic (exact) mass is 500 g/mol. The van der Waals surface area contributed by atoms with Crippen LogP contribution in [0, 0.1) is 19.7 Å². The first-order valence-electron chi connectivity index (χ1n) is 10.4. The van der Waals surface area contributed by atoms with Crippen molar-refractivity contribution in [1.82, 2.24) is 10.3 Å². The number of hydrogen-bond acceptors (Lipinski definition) is 3. The van der Waals surface area contributed by atoms with E-state index in [2.05, 4.69) is 10.3 Å². The van der Waals surface area contributed by atoms with Gasteiger partial charge < -0.3 is 5.32 Å². The minimum Gasteiger partial charge on any atom is -0.346 e.